The van der Waals surface area contributed by atoms with Crippen LogP contribution < -0.4 is 16.4 Å². The van der Waals surface area contributed by atoms with Crippen LogP contribution in [0.2, 0.25) is 0 Å². The van der Waals surface area contributed by atoms with Crippen LogP contribution >= 0.6 is 0 Å². The molecule has 1 aliphatic heterocycles. The Morgan fingerprint density at radius 2 is 2.60 bits per heavy atom. The first-order valence-electron chi connectivity index (χ1n) is 5.11. The number of amidine groups is 1. The van der Waals surface area contributed by atoms with Crippen LogP contribution in [0.5, 0.6) is 0 Å². The Kier molecular flexibility index (Phi) is 4.36. The molecule has 0 saturated carbocycles. The summed E-state index contributed by atoms with van der Waals surface area (Å²) in [6.07, 6.45) is 1.49. The molecular formula is C9H18N4O2. The predicted octanol–water partition coefficient (Wildman–Crippen LogP) is -0.763. The molecule has 2 unspecified atom stereocenters. The number of rotatable bonds is 5. The van der Waals surface area contributed by atoms with E-state index < -0.39 is 0 Å². The third kappa shape index (κ3) is 3.75. The van der Waals surface area contributed by atoms with Gasteiger partial charge in [-0.3, -0.25) is 4.79 Å². The van der Waals surface area contributed by atoms with Gasteiger partial charge in [-0.15, -0.1) is 0 Å². The number of nitrogens with two attached hydrogens (primary N) is 1. The van der Waals surface area contributed by atoms with Crippen LogP contribution in [-0.2, 0) is 4.79 Å². The van der Waals surface area contributed by atoms with E-state index in [0.29, 0.717) is 13.0 Å². The molecule has 2 atom stereocenters. The first-order chi connectivity index (χ1) is 7.13. The molecule has 0 radical (unpaired) electrons. The second kappa shape index (κ2) is 5.55. The van der Waals surface area contributed by atoms with Crippen molar-refractivity contribution in [1.82, 2.24) is 10.6 Å². The molecule has 15 heavy (non-hydrogen) atoms. The van der Waals surface area contributed by atoms with E-state index in [1.54, 1.807) is 0 Å². The van der Waals surface area contributed by atoms with Crippen LogP contribution in [0.3, 0.4) is 0 Å². The van der Waals surface area contributed by atoms with Crippen molar-refractivity contribution in [2.75, 3.05) is 13.1 Å². The molecule has 1 saturated heterocycles. The maximum Gasteiger partial charge on any atom is 0.220 e. The van der Waals surface area contributed by atoms with E-state index in [-0.39, 0.29) is 23.7 Å². The lowest BCUT2D eigenvalue weighted by Gasteiger charge is -2.14. The van der Waals surface area contributed by atoms with Gasteiger partial charge in [-0.2, -0.15) is 0 Å². The highest BCUT2D eigenvalue weighted by atomic mass is 16.4. The highest BCUT2D eigenvalue weighted by Gasteiger charge is 2.20. The van der Waals surface area contributed by atoms with Crippen molar-refractivity contribution in [3.05, 3.63) is 0 Å². The van der Waals surface area contributed by atoms with Crippen molar-refractivity contribution in [2.45, 2.75) is 25.8 Å². The molecule has 0 spiro atoms. The van der Waals surface area contributed by atoms with Crippen LogP contribution in [0.4, 0.5) is 0 Å². The smallest absolute Gasteiger partial charge is 0.220 e. The summed E-state index contributed by atoms with van der Waals surface area (Å²) in [5, 5.41) is 17.4. The Morgan fingerprint density at radius 1 is 1.87 bits per heavy atom. The van der Waals surface area contributed by atoms with Crippen molar-refractivity contribution in [3.63, 3.8) is 0 Å². The van der Waals surface area contributed by atoms with Crippen molar-refractivity contribution in [2.24, 2.45) is 16.8 Å². The minimum Gasteiger partial charge on any atom is -0.409 e. The Morgan fingerprint density at radius 3 is 3.13 bits per heavy atom. The summed E-state index contributed by atoms with van der Waals surface area (Å²) in [4.78, 5) is 10.9. The fourth-order valence-electron chi connectivity index (χ4n) is 1.51. The molecule has 5 N–H and O–H groups in total. The van der Waals surface area contributed by atoms with Gasteiger partial charge >= 0.3 is 0 Å². The fourth-order valence-corrected chi connectivity index (χ4v) is 1.51. The number of hydrogen-bond acceptors (Lipinski definition) is 4. The lowest BCUT2D eigenvalue weighted by Crippen LogP contribution is -2.39. The number of hydrogen-bond donors (Lipinski definition) is 4. The highest BCUT2D eigenvalue weighted by Crippen LogP contribution is 2.05. The molecule has 0 aromatic carbocycles. The zero-order chi connectivity index (χ0) is 11.3. The summed E-state index contributed by atoms with van der Waals surface area (Å²) in [5.41, 5.74) is 5.42. The van der Waals surface area contributed by atoms with Gasteiger partial charge < -0.3 is 21.6 Å². The third-order valence-electron chi connectivity index (χ3n) is 2.55. The summed E-state index contributed by atoms with van der Waals surface area (Å²) in [6, 6.07) is 0.219. The average molecular weight is 214 g/mol. The van der Waals surface area contributed by atoms with Crippen molar-refractivity contribution >= 4 is 11.7 Å². The normalized spacial score (nSPS) is 23.9. The molecule has 1 fully saturated rings. The zero-order valence-corrected chi connectivity index (χ0v) is 8.86. The molecule has 1 heterocycles. The van der Waals surface area contributed by atoms with E-state index in [4.69, 9.17) is 10.9 Å². The number of amides is 1. The quantitative estimate of drug-likeness (QED) is 0.209. The summed E-state index contributed by atoms with van der Waals surface area (Å²) >= 11 is 0. The zero-order valence-electron chi connectivity index (χ0n) is 8.86. The van der Waals surface area contributed by atoms with E-state index in [9.17, 15) is 4.79 Å². The van der Waals surface area contributed by atoms with Gasteiger partial charge in [0.25, 0.3) is 0 Å². The van der Waals surface area contributed by atoms with Crippen molar-refractivity contribution in [1.29, 1.82) is 0 Å². The standard InChI is InChI=1S/C9H18N4O2/c1-6(9(10)13-15)4-11-5-7-2-3-8(14)12-7/h6-7,11,15H,2-5H2,1H3,(H2,10,13)(H,12,14). The fraction of sp³-hybridized carbons (Fsp3) is 0.778. The van der Waals surface area contributed by atoms with Gasteiger partial charge in [0, 0.05) is 31.5 Å². The third-order valence-corrected chi connectivity index (χ3v) is 2.55. The lowest BCUT2D eigenvalue weighted by atomic mass is 10.1. The Labute approximate surface area is 88.9 Å². The molecule has 1 rings (SSSR count). The van der Waals surface area contributed by atoms with Crippen LogP contribution in [-0.4, -0.2) is 36.1 Å². The van der Waals surface area contributed by atoms with Crippen LogP contribution in [0.15, 0.2) is 5.16 Å². The van der Waals surface area contributed by atoms with Crippen molar-refractivity contribution < 1.29 is 10.0 Å². The molecule has 6 nitrogen and oxygen atoms in total. The van der Waals surface area contributed by atoms with Gasteiger partial charge in [0.2, 0.25) is 5.91 Å². The van der Waals surface area contributed by atoms with E-state index in [1.807, 2.05) is 6.92 Å². The molecule has 6 heteroatoms. The molecule has 1 aliphatic rings. The Hall–Kier alpha value is -1.30. The molecule has 0 aliphatic carbocycles. The summed E-state index contributed by atoms with van der Waals surface area (Å²) < 4.78 is 0. The topological polar surface area (TPSA) is 99.7 Å². The summed E-state index contributed by atoms with van der Waals surface area (Å²) in [5.74, 6) is 0.330. The van der Waals surface area contributed by atoms with Crippen molar-refractivity contribution in [3.8, 4) is 0 Å². The van der Waals surface area contributed by atoms with Gasteiger partial charge in [0.05, 0.1) is 0 Å². The van der Waals surface area contributed by atoms with E-state index >= 15 is 0 Å². The molecule has 0 bridgehead atoms. The first-order valence-corrected chi connectivity index (χ1v) is 5.11. The molecule has 0 aromatic rings. The van der Waals surface area contributed by atoms with Gasteiger partial charge in [-0.05, 0) is 6.42 Å². The average Bonchev–Trinajstić information content (AvgIpc) is 2.63. The van der Waals surface area contributed by atoms with E-state index in [1.165, 1.54) is 0 Å². The Bertz CT molecular complexity index is 254. The maximum atomic E-state index is 10.9. The predicted molar refractivity (Wildman–Crippen MR) is 56.6 cm³/mol. The molecule has 1 amide bonds. The van der Waals surface area contributed by atoms with Crippen LogP contribution in [0, 0.1) is 5.92 Å². The molecule has 86 valence electrons. The molecular weight excluding hydrogens is 196 g/mol. The highest BCUT2D eigenvalue weighted by molar-refractivity contribution is 5.82. The minimum absolute atomic E-state index is 0.00731. The monoisotopic (exact) mass is 214 g/mol. The van der Waals surface area contributed by atoms with Gasteiger partial charge in [-0.25, -0.2) is 0 Å². The maximum absolute atomic E-state index is 10.9. The number of nitrogens with zero attached hydrogens (tertiary/aromatic N) is 1. The number of oxime groups is 1. The van der Waals surface area contributed by atoms with E-state index in [2.05, 4.69) is 15.8 Å². The van der Waals surface area contributed by atoms with Crippen LogP contribution in [0.1, 0.15) is 19.8 Å². The minimum atomic E-state index is -0.00731. The SMILES string of the molecule is CC(CNCC1CCC(=O)N1)C(N)=NO. The van der Waals surface area contributed by atoms with Crippen LogP contribution in [0.25, 0.3) is 0 Å². The van der Waals surface area contributed by atoms with Gasteiger partial charge in [-0.1, -0.05) is 12.1 Å². The lowest BCUT2D eigenvalue weighted by molar-refractivity contribution is -0.119. The second-order valence-electron chi connectivity index (χ2n) is 3.89. The number of carbonyl (C=O) groups excluding carboxylic acids is 1. The summed E-state index contributed by atoms with van der Waals surface area (Å²) in [7, 11) is 0. The number of nitrogens with one attached hydrogen (secondary N) is 2. The van der Waals surface area contributed by atoms with Gasteiger partial charge in [0.15, 0.2) is 0 Å². The molecule has 0 aromatic heterocycles. The first kappa shape index (κ1) is 11.8. The van der Waals surface area contributed by atoms with E-state index in [0.717, 1.165) is 13.0 Å². The second-order valence-corrected chi connectivity index (χ2v) is 3.89. The summed E-state index contributed by atoms with van der Waals surface area (Å²) in [6.45, 7) is 3.24. The largest absolute Gasteiger partial charge is 0.409 e. The van der Waals surface area contributed by atoms with Gasteiger partial charge in [0.1, 0.15) is 5.84 Å². The number of carbonyl (C=O) groups is 1. The Balaban J connectivity index is 2.13.